The van der Waals surface area contributed by atoms with Gasteiger partial charge in [0.15, 0.2) is 5.82 Å². The highest BCUT2D eigenvalue weighted by Crippen LogP contribution is 2.36. The van der Waals surface area contributed by atoms with Crippen molar-refractivity contribution in [3.63, 3.8) is 0 Å². The normalized spacial score (nSPS) is 15.2. The van der Waals surface area contributed by atoms with E-state index in [0.29, 0.717) is 18.3 Å². The number of ether oxygens (including phenoxy) is 1. The number of aryl methyl sites for hydroxylation is 1. The van der Waals surface area contributed by atoms with E-state index in [1.54, 1.807) is 17.4 Å². The summed E-state index contributed by atoms with van der Waals surface area (Å²) in [6, 6.07) is 4.43. The van der Waals surface area contributed by atoms with E-state index < -0.39 is 11.6 Å². The molecule has 2 heterocycles. The maximum atomic E-state index is 14.3. The van der Waals surface area contributed by atoms with E-state index in [2.05, 4.69) is 14.7 Å². The Morgan fingerprint density at radius 3 is 2.85 bits per heavy atom. The molecule has 8 heteroatoms. The fourth-order valence-electron chi connectivity index (χ4n) is 3.38. The number of aromatic nitrogens is 3. The SMILES string of the molecule is Cc1nc(C2CCCCC2)sc1COc1ccc(-c2noc(=O)[nH]2)c(F)c1. The molecular formula is C19H20FN3O3S. The zero-order valence-corrected chi connectivity index (χ0v) is 15.8. The molecule has 0 atom stereocenters. The Morgan fingerprint density at radius 1 is 1.33 bits per heavy atom. The van der Waals surface area contributed by atoms with Gasteiger partial charge in [0, 0.05) is 12.0 Å². The molecule has 1 aromatic carbocycles. The number of nitrogens with zero attached hydrogens (tertiary/aromatic N) is 2. The predicted molar refractivity (Wildman–Crippen MR) is 99.5 cm³/mol. The summed E-state index contributed by atoms with van der Waals surface area (Å²) in [6.45, 7) is 2.35. The van der Waals surface area contributed by atoms with E-state index in [1.165, 1.54) is 49.2 Å². The van der Waals surface area contributed by atoms with Crippen molar-refractivity contribution in [3.05, 3.63) is 50.1 Å². The van der Waals surface area contributed by atoms with Gasteiger partial charge in [0.05, 0.1) is 21.1 Å². The molecule has 0 radical (unpaired) electrons. The van der Waals surface area contributed by atoms with Crippen molar-refractivity contribution in [2.75, 3.05) is 0 Å². The lowest BCUT2D eigenvalue weighted by Crippen LogP contribution is -2.03. The Hall–Kier alpha value is -2.48. The molecule has 1 saturated carbocycles. The van der Waals surface area contributed by atoms with Gasteiger partial charge in [-0.25, -0.2) is 14.2 Å². The average molecular weight is 389 g/mol. The van der Waals surface area contributed by atoms with Gasteiger partial charge in [0.2, 0.25) is 0 Å². The number of nitrogens with one attached hydrogen (secondary N) is 1. The zero-order chi connectivity index (χ0) is 18.8. The van der Waals surface area contributed by atoms with Crippen LogP contribution < -0.4 is 10.5 Å². The molecule has 142 valence electrons. The quantitative estimate of drug-likeness (QED) is 0.692. The third-order valence-electron chi connectivity index (χ3n) is 4.87. The summed E-state index contributed by atoms with van der Waals surface area (Å²) < 4.78 is 24.5. The van der Waals surface area contributed by atoms with Gasteiger partial charge < -0.3 is 4.74 Å². The molecule has 27 heavy (non-hydrogen) atoms. The Kier molecular flexibility index (Phi) is 5.07. The first-order chi connectivity index (χ1) is 13.1. The number of thiazole rings is 1. The first-order valence-electron chi connectivity index (χ1n) is 9.05. The number of hydrogen-bond acceptors (Lipinski definition) is 6. The van der Waals surface area contributed by atoms with Crippen LogP contribution in [0.15, 0.2) is 27.5 Å². The van der Waals surface area contributed by atoms with Crippen molar-refractivity contribution in [1.82, 2.24) is 15.1 Å². The molecule has 0 amide bonds. The van der Waals surface area contributed by atoms with Crippen molar-refractivity contribution in [2.24, 2.45) is 0 Å². The predicted octanol–water partition coefficient (Wildman–Crippen LogP) is 4.56. The molecule has 0 spiro atoms. The van der Waals surface area contributed by atoms with Gasteiger partial charge in [-0.1, -0.05) is 24.4 Å². The van der Waals surface area contributed by atoms with Crippen molar-refractivity contribution in [2.45, 2.75) is 51.6 Å². The molecule has 0 aliphatic heterocycles. The topological polar surface area (TPSA) is 81.0 Å². The second kappa shape index (κ2) is 7.64. The molecule has 2 aromatic heterocycles. The minimum absolute atomic E-state index is 0.0551. The number of halogens is 1. The van der Waals surface area contributed by atoms with E-state index in [4.69, 9.17) is 9.72 Å². The van der Waals surface area contributed by atoms with Crippen LogP contribution in [0.5, 0.6) is 5.75 Å². The molecule has 1 aliphatic rings. The lowest BCUT2D eigenvalue weighted by molar-refractivity contribution is 0.307. The van der Waals surface area contributed by atoms with Gasteiger partial charge in [-0.05, 0) is 31.9 Å². The number of aromatic amines is 1. The summed E-state index contributed by atoms with van der Waals surface area (Å²) in [5.74, 6) is -0.230. The third-order valence-corrected chi connectivity index (χ3v) is 6.16. The van der Waals surface area contributed by atoms with E-state index in [0.717, 1.165) is 10.6 Å². The lowest BCUT2D eigenvalue weighted by Gasteiger charge is -2.18. The summed E-state index contributed by atoms with van der Waals surface area (Å²) in [6.07, 6.45) is 6.30. The van der Waals surface area contributed by atoms with Crippen LogP contribution in [0.2, 0.25) is 0 Å². The number of H-pyrrole nitrogens is 1. The first kappa shape index (κ1) is 17.9. The fourth-order valence-corrected chi connectivity index (χ4v) is 4.53. The van der Waals surface area contributed by atoms with Crippen LogP contribution in [-0.4, -0.2) is 15.1 Å². The van der Waals surface area contributed by atoms with Crippen molar-refractivity contribution in [3.8, 4) is 17.1 Å². The first-order valence-corrected chi connectivity index (χ1v) is 9.86. The van der Waals surface area contributed by atoms with Gasteiger partial charge in [0.25, 0.3) is 0 Å². The highest BCUT2D eigenvalue weighted by molar-refractivity contribution is 7.11. The summed E-state index contributed by atoms with van der Waals surface area (Å²) >= 11 is 1.70. The zero-order valence-electron chi connectivity index (χ0n) is 15.0. The molecule has 0 saturated heterocycles. The maximum absolute atomic E-state index is 14.3. The minimum Gasteiger partial charge on any atom is -0.488 e. The molecule has 1 fully saturated rings. The summed E-state index contributed by atoms with van der Waals surface area (Å²) in [4.78, 5) is 19.1. The van der Waals surface area contributed by atoms with Crippen molar-refractivity contribution in [1.29, 1.82) is 0 Å². The monoisotopic (exact) mass is 389 g/mol. The van der Waals surface area contributed by atoms with Crippen LogP contribution in [0.4, 0.5) is 4.39 Å². The fraction of sp³-hybridized carbons (Fsp3) is 0.421. The molecule has 6 nitrogen and oxygen atoms in total. The van der Waals surface area contributed by atoms with Crippen molar-refractivity contribution < 1.29 is 13.7 Å². The highest BCUT2D eigenvalue weighted by Gasteiger charge is 2.20. The standard InChI is InChI=1S/C19H20FN3O3S/c1-11-16(27-18(21-11)12-5-3-2-4-6-12)10-25-13-7-8-14(15(20)9-13)17-22-19(24)26-23-17/h7-9,12H,2-6,10H2,1H3,(H,22,23,24). The molecule has 0 unspecified atom stereocenters. The van der Waals surface area contributed by atoms with Crippen LogP contribution in [0.3, 0.4) is 0 Å². The molecular weight excluding hydrogens is 369 g/mol. The van der Waals surface area contributed by atoms with Crippen LogP contribution in [0, 0.1) is 12.7 Å². The summed E-state index contributed by atoms with van der Waals surface area (Å²) in [5.41, 5.74) is 1.14. The minimum atomic E-state index is -0.723. The molecule has 1 aliphatic carbocycles. The van der Waals surface area contributed by atoms with Gasteiger partial charge in [-0.2, -0.15) is 0 Å². The Balaban J connectivity index is 1.45. The molecule has 0 bridgehead atoms. The molecule has 4 rings (SSSR count). The number of rotatable bonds is 5. The Morgan fingerprint density at radius 2 is 2.15 bits per heavy atom. The largest absolute Gasteiger partial charge is 0.488 e. The van der Waals surface area contributed by atoms with Gasteiger partial charge in [-0.15, -0.1) is 11.3 Å². The number of benzene rings is 1. The Bertz CT molecular complexity index is 988. The lowest BCUT2D eigenvalue weighted by atomic mass is 9.90. The summed E-state index contributed by atoms with van der Waals surface area (Å²) in [7, 11) is 0. The smallest absolute Gasteiger partial charge is 0.439 e. The van der Waals surface area contributed by atoms with Gasteiger partial charge in [0.1, 0.15) is 18.2 Å². The van der Waals surface area contributed by atoms with Gasteiger partial charge in [-0.3, -0.25) is 9.51 Å². The maximum Gasteiger partial charge on any atom is 0.439 e. The second-order valence-corrected chi connectivity index (χ2v) is 7.88. The van der Waals surface area contributed by atoms with Crippen LogP contribution >= 0.6 is 11.3 Å². The molecule has 3 aromatic rings. The van der Waals surface area contributed by atoms with E-state index >= 15 is 0 Å². The van der Waals surface area contributed by atoms with Crippen LogP contribution in [0.25, 0.3) is 11.4 Å². The Labute approximate surface area is 159 Å². The molecule has 1 N–H and O–H groups in total. The van der Waals surface area contributed by atoms with E-state index in [9.17, 15) is 9.18 Å². The van der Waals surface area contributed by atoms with Crippen LogP contribution in [-0.2, 0) is 6.61 Å². The summed E-state index contributed by atoms with van der Waals surface area (Å²) in [5, 5.41) is 4.69. The highest BCUT2D eigenvalue weighted by atomic mass is 32.1. The number of hydrogen-bond donors (Lipinski definition) is 1. The second-order valence-electron chi connectivity index (χ2n) is 6.77. The van der Waals surface area contributed by atoms with E-state index in [1.807, 2.05) is 6.92 Å². The van der Waals surface area contributed by atoms with Gasteiger partial charge >= 0.3 is 5.76 Å². The average Bonchev–Trinajstić information content (AvgIpc) is 3.26. The van der Waals surface area contributed by atoms with Crippen LogP contribution in [0.1, 0.15) is 53.6 Å². The van der Waals surface area contributed by atoms with Crippen molar-refractivity contribution >= 4 is 11.3 Å². The third kappa shape index (κ3) is 3.95. The van der Waals surface area contributed by atoms with E-state index in [-0.39, 0.29) is 11.4 Å².